The summed E-state index contributed by atoms with van der Waals surface area (Å²) >= 11 is 1.41. The van der Waals surface area contributed by atoms with Crippen LogP contribution in [-0.2, 0) is 16.6 Å². The van der Waals surface area contributed by atoms with E-state index in [4.69, 9.17) is 0 Å². The van der Waals surface area contributed by atoms with E-state index >= 15 is 0 Å². The van der Waals surface area contributed by atoms with E-state index in [9.17, 15) is 21.6 Å². The van der Waals surface area contributed by atoms with Crippen LogP contribution in [0.1, 0.15) is 30.9 Å². The van der Waals surface area contributed by atoms with Crippen LogP contribution in [0.4, 0.5) is 18.2 Å². The van der Waals surface area contributed by atoms with E-state index < -0.39 is 16.4 Å². The Balaban J connectivity index is 1.61. The first-order valence-corrected chi connectivity index (χ1v) is 14.0. The van der Waals surface area contributed by atoms with Crippen molar-refractivity contribution in [2.24, 2.45) is 5.92 Å². The van der Waals surface area contributed by atoms with Crippen molar-refractivity contribution in [1.29, 1.82) is 0 Å². The van der Waals surface area contributed by atoms with Gasteiger partial charge < -0.3 is 9.64 Å². The highest BCUT2D eigenvalue weighted by molar-refractivity contribution is 7.93. The molecular formula is C25H29F3N2O3S2. The van der Waals surface area contributed by atoms with Crippen LogP contribution in [0.2, 0.25) is 0 Å². The standard InChI is InChI=1S/C25H29F3N2O3S2/c1-18-11-13-29(14-12-18)15-16-35(31,32)30(24-19(2)22-5-3-4-6-23(22)34-24)17-20-7-9-21(10-8-20)33-25(26,27)28/h3-10,18H,11-17H2,1-2H3. The van der Waals surface area contributed by atoms with Gasteiger partial charge in [0.2, 0.25) is 10.0 Å². The molecule has 1 aromatic heterocycles. The van der Waals surface area contributed by atoms with Gasteiger partial charge in [-0.15, -0.1) is 24.5 Å². The minimum atomic E-state index is -4.78. The number of ether oxygens (including phenoxy) is 1. The normalized spacial score (nSPS) is 16.0. The number of likely N-dealkylation sites (tertiary alicyclic amines) is 1. The molecule has 0 atom stereocenters. The lowest BCUT2D eigenvalue weighted by molar-refractivity contribution is -0.274. The molecule has 10 heteroatoms. The molecule has 0 spiro atoms. The largest absolute Gasteiger partial charge is 0.573 e. The molecule has 0 amide bonds. The van der Waals surface area contributed by atoms with Crippen molar-refractivity contribution in [2.45, 2.75) is 39.6 Å². The number of halogens is 3. The number of benzene rings is 2. The number of piperidine rings is 1. The molecule has 3 aromatic rings. The summed E-state index contributed by atoms with van der Waals surface area (Å²) in [6.07, 6.45) is -2.66. The van der Waals surface area contributed by atoms with Crippen LogP contribution in [0.3, 0.4) is 0 Å². The van der Waals surface area contributed by atoms with Gasteiger partial charge in [-0.1, -0.05) is 37.3 Å². The van der Waals surface area contributed by atoms with Gasteiger partial charge in [0.25, 0.3) is 0 Å². The molecule has 4 rings (SSSR count). The minimum Gasteiger partial charge on any atom is -0.406 e. The number of hydrogen-bond donors (Lipinski definition) is 0. The van der Waals surface area contributed by atoms with Crippen LogP contribution in [0.25, 0.3) is 10.1 Å². The van der Waals surface area contributed by atoms with Gasteiger partial charge in [-0.3, -0.25) is 4.31 Å². The smallest absolute Gasteiger partial charge is 0.406 e. The Morgan fingerprint density at radius 1 is 1.09 bits per heavy atom. The molecule has 0 aliphatic carbocycles. The number of hydrogen-bond acceptors (Lipinski definition) is 5. The Bertz CT molecular complexity index is 1250. The molecule has 190 valence electrons. The molecule has 2 heterocycles. The number of nitrogens with zero attached hydrogens (tertiary/aromatic N) is 2. The van der Waals surface area contributed by atoms with Crippen LogP contribution >= 0.6 is 11.3 Å². The van der Waals surface area contributed by atoms with Gasteiger partial charge in [0.05, 0.1) is 12.3 Å². The summed E-state index contributed by atoms with van der Waals surface area (Å²) in [4.78, 5) is 2.19. The molecule has 0 saturated carbocycles. The van der Waals surface area contributed by atoms with Gasteiger partial charge in [-0.25, -0.2) is 8.42 Å². The number of alkyl halides is 3. The van der Waals surface area contributed by atoms with Crippen molar-refractivity contribution in [1.82, 2.24) is 4.90 Å². The topological polar surface area (TPSA) is 49.9 Å². The first kappa shape index (κ1) is 25.8. The van der Waals surface area contributed by atoms with E-state index in [1.54, 1.807) is 0 Å². The lowest BCUT2D eigenvalue weighted by Crippen LogP contribution is -2.40. The van der Waals surface area contributed by atoms with Crippen molar-refractivity contribution in [3.63, 3.8) is 0 Å². The first-order valence-electron chi connectivity index (χ1n) is 11.6. The van der Waals surface area contributed by atoms with Crippen LogP contribution in [-0.4, -0.2) is 45.1 Å². The van der Waals surface area contributed by atoms with Crippen LogP contribution in [0, 0.1) is 12.8 Å². The molecular weight excluding hydrogens is 497 g/mol. The molecule has 1 saturated heterocycles. The maximum absolute atomic E-state index is 13.7. The third kappa shape index (κ3) is 6.48. The number of rotatable bonds is 8. The zero-order valence-electron chi connectivity index (χ0n) is 19.7. The number of thiophene rings is 1. The van der Waals surface area contributed by atoms with Crippen molar-refractivity contribution < 1.29 is 26.3 Å². The molecule has 0 N–H and O–H groups in total. The average Bonchev–Trinajstić information content (AvgIpc) is 3.13. The fourth-order valence-electron chi connectivity index (χ4n) is 4.30. The van der Waals surface area contributed by atoms with Gasteiger partial charge in [0.1, 0.15) is 10.8 Å². The van der Waals surface area contributed by atoms with E-state index in [2.05, 4.69) is 16.6 Å². The van der Waals surface area contributed by atoms with Gasteiger partial charge >= 0.3 is 6.36 Å². The second-order valence-electron chi connectivity index (χ2n) is 9.07. The van der Waals surface area contributed by atoms with E-state index in [1.807, 2.05) is 31.2 Å². The molecule has 0 radical (unpaired) electrons. The van der Waals surface area contributed by atoms with Crippen molar-refractivity contribution >= 4 is 36.4 Å². The molecule has 1 fully saturated rings. The maximum atomic E-state index is 13.7. The Kier molecular flexibility index (Phi) is 7.63. The summed E-state index contributed by atoms with van der Waals surface area (Å²) in [7, 11) is -3.70. The van der Waals surface area contributed by atoms with Gasteiger partial charge in [0.15, 0.2) is 0 Å². The summed E-state index contributed by atoms with van der Waals surface area (Å²) in [6.45, 7) is 6.37. The Morgan fingerprint density at radius 2 is 1.74 bits per heavy atom. The molecule has 1 aliphatic heterocycles. The molecule has 2 aromatic carbocycles. The minimum absolute atomic E-state index is 0.0235. The van der Waals surface area contributed by atoms with E-state index in [0.29, 0.717) is 23.0 Å². The third-order valence-corrected chi connectivity index (χ3v) is 9.50. The lowest BCUT2D eigenvalue weighted by atomic mass is 9.99. The highest BCUT2D eigenvalue weighted by atomic mass is 32.2. The summed E-state index contributed by atoms with van der Waals surface area (Å²) < 4.78 is 71.2. The molecule has 35 heavy (non-hydrogen) atoms. The zero-order valence-corrected chi connectivity index (χ0v) is 21.3. The third-order valence-electron chi connectivity index (χ3n) is 6.41. The lowest BCUT2D eigenvalue weighted by Gasteiger charge is -2.31. The number of aryl methyl sites for hydroxylation is 1. The van der Waals surface area contributed by atoms with Crippen molar-refractivity contribution in [3.05, 3.63) is 59.7 Å². The maximum Gasteiger partial charge on any atom is 0.573 e. The summed E-state index contributed by atoms with van der Waals surface area (Å²) in [5, 5.41) is 1.63. The molecule has 1 aliphatic rings. The summed E-state index contributed by atoms with van der Waals surface area (Å²) in [6, 6.07) is 13.1. The monoisotopic (exact) mass is 526 g/mol. The van der Waals surface area contributed by atoms with Crippen molar-refractivity contribution in [2.75, 3.05) is 29.7 Å². The fraction of sp³-hybridized carbons (Fsp3) is 0.440. The van der Waals surface area contributed by atoms with Crippen molar-refractivity contribution in [3.8, 4) is 5.75 Å². The van der Waals surface area contributed by atoms with Crippen LogP contribution in [0.5, 0.6) is 5.75 Å². The first-order chi connectivity index (χ1) is 16.5. The highest BCUT2D eigenvalue weighted by Crippen LogP contribution is 2.39. The van der Waals surface area contributed by atoms with Gasteiger partial charge in [-0.2, -0.15) is 0 Å². The Hall–Kier alpha value is -2.30. The number of sulfonamides is 1. The highest BCUT2D eigenvalue weighted by Gasteiger charge is 2.31. The quantitative estimate of drug-likeness (QED) is 0.352. The molecule has 0 bridgehead atoms. The van der Waals surface area contributed by atoms with E-state index in [-0.39, 0.29) is 18.0 Å². The fourth-order valence-corrected chi connectivity index (χ4v) is 7.31. The predicted octanol–water partition coefficient (Wildman–Crippen LogP) is 6.18. The Morgan fingerprint density at radius 3 is 2.37 bits per heavy atom. The predicted molar refractivity (Wildman–Crippen MR) is 134 cm³/mol. The van der Waals surface area contributed by atoms with E-state index in [0.717, 1.165) is 41.6 Å². The van der Waals surface area contributed by atoms with Gasteiger partial charge in [0, 0.05) is 11.2 Å². The van der Waals surface area contributed by atoms with Crippen LogP contribution in [0.15, 0.2) is 48.5 Å². The molecule has 0 unspecified atom stereocenters. The van der Waals surface area contributed by atoms with E-state index in [1.165, 1.54) is 39.9 Å². The second kappa shape index (κ2) is 10.4. The second-order valence-corrected chi connectivity index (χ2v) is 12.1. The SMILES string of the molecule is Cc1c(N(Cc2ccc(OC(F)(F)F)cc2)S(=O)(=O)CCN2CCC(C)CC2)sc2ccccc12. The Labute approximate surface area is 208 Å². The summed E-state index contributed by atoms with van der Waals surface area (Å²) in [5.41, 5.74) is 1.45. The number of fused-ring (bicyclic) bond motifs is 1. The zero-order chi connectivity index (χ0) is 25.2. The molecule has 5 nitrogen and oxygen atoms in total. The summed E-state index contributed by atoms with van der Waals surface area (Å²) in [5.74, 6) is 0.294. The number of anilines is 1. The average molecular weight is 527 g/mol. The van der Waals surface area contributed by atoms with Crippen LogP contribution < -0.4 is 9.04 Å². The van der Waals surface area contributed by atoms with Gasteiger partial charge in [-0.05, 0) is 73.5 Å².